The van der Waals surface area contributed by atoms with Crippen LogP contribution in [0.1, 0.15) is 111 Å². The summed E-state index contributed by atoms with van der Waals surface area (Å²) in [6.45, 7) is 32.0. The minimum absolute atomic E-state index is 1.06. The molecule has 0 aliphatic heterocycles. The molecule has 6 aromatic rings. The summed E-state index contributed by atoms with van der Waals surface area (Å²) >= 11 is 0. The third-order valence-electron chi connectivity index (χ3n) is 4.40. The van der Waals surface area contributed by atoms with Crippen molar-refractivity contribution in [3.8, 4) is 0 Å². The van der Waals surface area contributed by atoms with Crippen molar-refractivity contribution in [1.29, 1.82) is 0 Å². The second-order valence-electron chi connectivity index (χ2n) is 6.72. The summed E-state index contributed by atoms with van der Waals surface area (Å²) in [7, 11) is 0. The molecule has 2 heterocycles. The summed E-state index contributed by atoms with van der Waals surface area (Å²) in [5, 5.41) is 3.82. The highest BCUT2D eigenvalue weighted by Crippen LogP contribution is 2.11. The molecule has 2 heteroatoms. The van der Waals surface area contributed by atoms with Gasteiger partial charge in [-0.15, -0.1) is 0 Å². The molecule has 0 unspecified atom stereocenters. The highest BCUT2D eigenvalue weighted by molar-refractivity contribution is 5.82. The van der Waals surface area contributed by atoms with Crippen molar-refractivity contribution in [3.05, 3.63) is 158 Å². The number of fused-ring (bicyclic) bond motifs is 2. The average Bonchev–Trinajstić information content (AvgIpc) is 3.26. The van der Waals surface area contributed by atoms with Crippen LogP contribution in [0, 0.1) is 0 Å². The van der Waals surface area contributed by atoms with Gasteiger partial charge >= 0.3 is 0 Å². The highest BCUT2D eigenvalue weighted by atomic mass is 14.6. The van der Waals surface area contributed by atoms with Crippen molar-refractivity contribution in [2.75, 3.05) is 0 Å². The van der Waals surface area contributed by atoms with Gasteiger partial charge in [0.1, 0.15) is 0 Å². The van der Waals surface area contributed by atoms with Crippen LogP contribution in [-0.2, 0) is 0 Å². The number of hydrogen-bond donors (Lipinski definition) is 0. The lowest BCUT2D eigenvalue weighted by Crippen LogP contribution is -1.73. The van der Waals surface area contributed by atoms with Crippen molar-refractivity contribution < 1.29 is 0 Å². The first-order valence-electron chi connectivity index (χ1n) is 18.5. The summed E-state index contributed by atoms with van der Waals surface area (Å²) in [4.78, 5) is 7.97. The lowest BCUT2D eigenvalue weighted by atomic mass is 10.1. The van der Waals surface area contributed by atoms with E-state index < -0.39 is 0 Å². The van der Waals surface area contributed by atoms with Gasteiger partial charge in [-0.2, -0.15) is 0 Å². The van der Waals surface area contributed by atoms with Crippen molar-refractivity contribution in [1.82, 2.24) is 9.97 Å². The summed E-state index contributed by atoms with van der Waals surface area (Å²) in [5.74, 6) is 0. The second-order valence-corrected chi connectivity index (χ2v) is 6.72. The van der Waals surface area contributed by atoms with Crippen LogP contribution in [0.5, 0.6) is 0 Å². The normalized spacial score (nSPS) is 7.17. The maximum atomic E-state index is 4.18. The molecule has 0 fully saturated rings. The van der Waals surface area contributed by atoms with Crippen LogP contribution < -0.4 is 0 Å². The second kappa shape index (κ2) is 58.3. The maximum absolute atomic E-state index is 4.18. The van der Waals surface area contributed by atoms with Crippen LogP contribution in [0.25, 0.3) is 21.7 Å². The predicted molar refractivity (Wildman–Crippen MR) is 227 cm³/mol. The molecule has 0 saturated carbocycles. The van der Waals surface area contributed by atoms with Gasteiger partial charge in [0.2, 0.25) is 0 Å². The number of rotatable bonds is 0. The molecule has 0 aliphatic rings. The summed E-state index contributed by atoms with van der Waals surface area (Å²) in [6.07, 6.45) is 5.31. The molecule has 0 radical (unpaired) electrons. The Morgan fingerprint density at radius 3 is 0.792 bits per heavy atom. The van der Waals surface area contributed by atoms with Gasteiger partial charge in [-0.1, -0.05) is 226 Å². The third kappa shape index (κ3) is 36.2. The molecule has 4 aromatic carbocycles. The first-order valence-corrected chi connectivity index (χ1v) is 18.5. The molecular weight excluding hydrogens is 581 g/mol. The van der Waals surface area contributed by atoms with Crippen LogP contribution in [0.4, 0.5) is 0 Å². The fourth-order valence-electron chi connectivity index (χ4n) is 2.85. The van der Waals surface area contributed by atoms with E-state index in [2.05, 4.69) is 70.6 Å². The van der Waals surface area contributed by atoms with Gasteiger partial charge in [-0.05, 0) is 35.0 Å². The van der Waals surface area contributed by atoms with Crippen molar-refractivity contribution in [3.63, 3.8) is 0 Å². The molecule has 2 nitrogen and oxygen atoms in total. The third-order valence-corrected chi connectivity index (χ3v) is 4.40. The van der Waals surface area contributed by atoms with E-state index in [1.165, 1.54) is 16.2 Å². The van der Waals surface area contributed by atoms with Gasteiger partial charge in [-0.3, -0.25) is 9.97 Å². The molecule has 0 spiro atoms. The lowest BCUT2D eigenvalue weighted by Gasteiger charge is -1.92. The first-order chi connectivity index (χ1) is 23.9. The molecule has 0 aliphatic carbocycles. The van der Waals surface area contributed by atoms with Crippen molar-refractivity contribution in [2.45, 2.75) is 111 Å². The summed E-state index contributed by atoms with van der Waals surface area (Å²) in [5.41, 5.74) is 1.06. The number of hydrogen-bond acceptors (Lipinski definition) is 2. The number of nitrogens with zero attached hydrogens (tertiary/aromatic N) is 2. The zero-order valence-electron chi connectivity index (χ0n) is 33.9. The minimum atomic E-state index is 1.06. The lowest BCUT2D eigenvalue weighted by molar-refractivity contribution is 1.33. The van der Waals surface area contributed by atoms with Gasteiger partial charge in [0.05, 0.1) is 5.52 Å². The minimum Gasteiger partial charge on any atom is -0.265 e. The standard InChI is InChI=1S/C10H8.C9H7N.C6H6.C5H5N.8C2H6/c1-2-6-10-8-4-3-7-9(10)5-1;1-2-6-9-8(4-1)5-3-7-10-9;2*1-2-4-6-5-3-1;8*1-2/h1-8H;1-7H;1-6H;1-5H;8*1-2H3. The molecule has 0 amide bonds. The van der Waals surface area contributed by atoms with E-state index in [0.29, 0.717) is 0 Å². The van der Waals surface area contributed by atoms with Gasteiger partial charge in [0, 0.05) is 24.0 Å². The molecule has 2 aromatic heterocycles. The van der Waals surface area contributed by atoms with Crippen LogP contribution in [-0.4, -0.2) is 9.97 Å². The Morgan fingerprint density at radius 2 is 0.521 bits per heavy atom. The quantitative estimate of drug-likeness (QED) is 0.163. The summed E-state index contributed by atoms with van der Waals surface area (Å²) < 4.78 is 0. The van der Waals surface area contributed by atoms with Crippen molar-refractivity contribution >= 4 is 21.7 Å². The number of aromatic nitrogens is 2. The van der Waals surface area contributed by atoms with Crippen LogP contribution in [0.2, 0.25) is 0 Å². The molecule has 0 N–H and O–H groups in total. The van der Waals surface area contributed by atoms with E-state index in [0.717, 1.165) is 5.52 Å². The molecule has 0 bridgehead atoms. The average molecular weight is 655 g/mol. The van der Waals surface area contributed by atoms with Crippen molar-refractivity contribution in [2.24, 2.45) is 0 Å². The Kier molecular flexibility index (Phi) is 68.0. The van der Waals surface area contributed by atoms with Crippen LogP contribution >= 0.6 is 0 Å². The zero-order valence-corrected chi connectivity index (χ0v) is 33.9. The van der Waals surface area contributed by atoms with Crippen LogP contribution in [0.15, 0.2) is 158 Å². The molecule has 48 heavy (non-hydrogen) atoms. The number of para-hydroxylation sites is 1. The molecule has 6 rings (SSSR count). The van der Waals surface area contributed by atoms with E-state index in [9.17, 15) is 0 Å². The largest absolute Gasteiger partial charge is 0.265 e. The Labute approximate surface area is 299 Å². The molecule has 0 atom stereocenters. The Bertz CT molecular complexity index is 983. The SMILES string of the molecule is CC.CC.CC.CC.CC.CC.CC.CC.c1ccc2ccccc2c1.c1ccc2ncccc2c1.c1ccccc1.c1ccncc1. The molecule has 268 valence electrons. The number of benzene rings is 4. The highest BCUT2D eigenvalue weighted by Gasteiger charge is 1.87. The Morgan fingerprint density at radius 1 is 0.250 bits per heavy atom. The number of pyridine rings is 2. The maximum Gasteiger partial charge on any atom is 0.0701 e. The van der Waals surface area contributed by atoms with Gasteiger partial charge in [-0.25, -0.2) is 0 Å². The van der Waals surface area contributed by atoms with E-state index in [1.54, 1.807) is 12.4 Å². The van der Waals surface area contributed by atoms with Gasteiger partial charge in [0.15, 0.2) is 0 Å². The van der Waals surface area contributed by atoms with E-state index >= 15 is 0 Å². The predicted octanol–water partition coefficient (Wildman–Crippen LogP) is 16.1. The Balaban J connectivity index is -0.000000109. The smallest absolute Gasteiger partial charge is 0.0701 e. The van der Waals surface area contributed by atoms with E-state index in [1.807, 2.05) is 196 Å². The van der Waals surface area contributed by atoms with Gasteiger partial charge < -0.3 is 0 Å². The van der Waals surface area contributed by atoms with Crippen LogP contribution in [0.3, 0.4) is 0 Å². The molecular formula is C46H74N2. The van der Waals surface area contributed by atoms with Gasteiger partial charge in [0.25, 0.3) is 0 Å². The topological polar surface area (TPSA) is 25.8 Å². The Hall–Kier alpha value is -4.30. The fourth-order valence-corrected chi connectivity index (χ4v) is 2.85. The van der Waals surface area contributed by atoms with E-state index in [4.69, 9.17) is 0 Å². The first kappa shape index (κ1) is 56.1. The fraction of sp³-hybridized carbons (Fsp3) is 0.348. The summed E-state index contributed by atoms with van der Waals surface area (Å²) in [6, 6.07) is 46.5. The monoisotopic (exact) mass is 655 g/mol. The van der Waals surface area contributed by atoms with E-state index in [-0.39, 0.29) is 0 Å². The molecule has 0 saturated heterocycles. The zero-order chi connectivity index (χ0) is 38.1.